The summed E-state index contributed by atoms with van der Waals surface area (Å²) in [6.07, 6.45) is 0.878. The van der Waals surface area contributed by atoms with Gasteiger partial charge in [-0.2, -0.15) is 0 Å². The van der Waals surface area contributed by atoms with Crippen LogP contribution in [0.15, 0.2) is 36.4 Å². The van der Waals surface area contributed by atoms with Crippen LogP contribution in [0.5, 0.6) is 5.75 Å². The SMILES string of the molecule is CCc1nc2ccc(O)c3c4ccccc4n1c23. The van der Waals surface area contributed by atoms with Crippen molar-refractivity contribution in [2.75, 3.05) is 0 Å². The van der Waals surface area contributed by atoms with Gasteiger partial charge in [-0.15, -0.1) is 0 Å². The molecule has 0 saturated carbocycles. The van der Waals surface area contributed by atoms with Gasteiger partial charge in [0.2, 0.25) is 0 Å². The number of imidazole rings is 1. The van der Waals surface area contributed by atoms with Gasteiger partial charge in [0.15, 0.2) is 0 Å². The van der Waals surface area contributed by atoms with Crippen LogP contribution in [0, 0.1) is 0 Å². The molecule has 2 heterocycles. The Morgan fingerprint density at radius 1 is 1.17 bits per heavy atom. The minimum Gasteiger partial charge on any atom is -0.507 e. The summed E-state index contributed by atoms with van der Waals surface area (Å²) in [6.45, 7) is 2.10. The van der Waals surface area contributed by atoms with Crippen molar-refractivity contribution in [2.45, 2.75) is 13.3 Å². The number of fused-ring (bicyclic) bond motifs is 3. The summed E-state index contributed by atoms with van der Waals surface area (Å²) < 4.78 is 2.17. The van der Waals surface area contributed by atoms with E-state index in [1.54, 1.807) is 6.07 Å². The number of benzene rings is 2. The van der Waals surface area contributed by atoms with Crippen LogP contribution in [-0.2, 0) is 6.42 Å². The lowest BCUT2D eigenvalue weighted by molar-refractivity contribution is 0.482. The molecule has 0 saturated heterocycles. The Morgan fingerprint density at radius 3 is 2.83 bits per heavy atom. The number of rotatable bonds is 1. The van der Waals surface area contributed by atoms with Crippen LogP contribution < -0.4 is 0 Å². The van der Waals surface area contributed by atoms with Gasteiger partial charge in [-0.1, -0.05) is 25.1 Å². The van der Waals surface area contributed by atoms with E-state index in [4.69, 9.17) is 0 Å². The third-order valence-electron chi connectivity index (χ3n) is 3.60. The summed E-state index contributed by atoms with van der Waals surface area (Å²) in [7, 11) is 0. The number of aromatic nitrogens is 2. The summed E-state index contributed by atoms with van der Waals surface area (Å²) in [5.41, 5.74) is 3.11. The zero-order valence-corrected chi connectivity index (χ0v) is 10.0. The summed E-state index contributed by atoms with van der Waals surface area (Å²) in [5, 5.41) is 12.1. The molecule has 0 atom stereocenters. The number of hydrogen-bond donors (Lipinski definition) is 1. The predicted octanol–water partition coefficient (Wildman–Crippen LogP) is 3.35. The number of aromatic hydroxyl groups is 1. The van der Waals surface area contributed by atoms with Gasteiger partial charge >= 0.3 is 0 Å². The highest BCUT2D eigenvalue weighted by Gasteiger charge is 2.18. The van der Waals surface area contributed by atoms with Crippen LogP contribution in [0.1, 0.15) is 12.7 Å². The monoisotopic (exact) mass is 236 g/mol. The molecule has 2 aromatic heterocycles. The van der Waals surface area contributed by atoms with Crippen molar-refractivity contribution < 1.29 is 5.11 Å². The Labute approximate surface area is 104 Å². The van der Waals surface area contributed by atoms with Crippen LogP contribution in [0.2, 0.25) is 0 Å². The molecule has 88 valence electrons. The Balaban J connectivity index is 2.45. The number of nitrogens with zero attached hydrogens (tertiary/aromatic N) is 2. The van der Waals surface area contributed by atoms with Gasteiger partial charge in [0.05, 0.1) is 21.9 Å². The standard InChI is InChI=1S/C15H12N2O/c1-2-13-16-10-7-8-12(18)14-9-5-3-4-6-11(9)17(13)15(10)14/h3-8,18H,2H2,1H3. The normalized spacial score (nSPS) is 12.1. The van der Waals surface area contributed by atoms with E-state index in [9.17, 15) is 5.11 Å². The van der Waals surface area contributed by atoms with Crippen molar-refractivity contribution >= 4 is 27.3 Å². The first-order chi connectivity index (χ1) is 8.81. The van der Waals surface area contributed by atoms with Crippen LogP contribution in [-0.4, -0.2) is 14.5 Å². The van der Waals surface area contributed by atoms with E-state index in [2.05, 4.69) is 28.4 Å². The topological polar surface area (TPSA) is 37.5 Å². The van der Waals surface area contributed by atoms with Crippen molar-refractivity contribution in [3.63, 3.8) is 0 Å². The molecule has 4 aromatic rings. The lowest BCUT2D eigenvalue weighted by atomic mass is 10.1. The molecule has 3 nitrogen and oxygen atoms in total. The fourth-order valence-electron chi connectivity index (χ4n) is 2.85. The highest BCUT2D eigenvalue weighted by molar-refractivity contribution is 6.16. The van der Waals surface area contributed by atoms with Gasteiger partial charge in [-0.3, -0.25) is 4.40 Å². The number of phenols is 1. The quantitative estimate of drug-likeness (QED) is 0.550. The van der Waals surface area contributed by atoms with Gasteiger partial charge in [0, 0.05) is 11.8 Å². The van der Waals surface area contributed by atoms with Gasteiger partial charge in [-0.05, 0) is 18.2 Å². The first kappa shape index (κ1) is 9.71. The minimum absolute atomic E-state index is 0.330. The zero-order valence-electron chi connectivity index (χ0n) is 10.0. The van der Waals surface area contributed by atoms with Crippen LogP contribution in [0.25, 0.3) is 27.3 Å². The molecule has 0 bridgehead atoms. The van der Waals surface area contributed by atoms with Crippen LogP contribution in [0.4, 0.5) is 0 Å². The van der Waals surface area contributed by atoms with Gasteiger partial charge in [-0.25, -0.2) is 4.98 Å². The number of phenolic OH excluding ortho intramolecular Hbond substituents is 1. The van der Waals surface area contributed by atoms with Gasteiger partial charge < -0.3 is 5.11 Å². The summed E-state index contributed by atoms with van der Waals surface area (Å²) >= 11 is 0. The fourth-order valence-corrected chi connectivity index (χ4v) is 2.85. The molecular weight excluding hydrogens is 224 g/mol. The van der Waals surface area contributed by atoms with Crippen LogP contribution in [0.3, 0.4) is 0 Å². The molecule has 0 aliphatic heterocycles. The highest BCUT2D eigenvalue weighted by Crippen LogP contribution is 2.38. The van der Waals surface area contributed by atoms with Crippen molar-refractivity contribution in [1.82, 2.24) is 9.38 Å². The summed E-state index contributed by atoms with van der Waals surface area (Å²) in [6, 6.07) is 11.8. The second-order valence-electron chi connectivity index (χ2n) is 4.56. The number of para-hydroxylation sites is 1. The van der Waals surface area contributed by atoms with Crippen molar-refractivity contribution in [2.24, 2.45) is 0 Å². The van der Waals surface area contributed by atoms with E-state index < -0.39 is 0 Å². The van der Waals surface area contributed by atoms with Crippen molar-refractivity contribution in [1.29, 1.82) is 0 Å². The van der Waals surface area contributed by atoms with E-state index in [1.165, 1.54) is 0 Å². The fraction of sp³-hybridized carbons (Fsp3) is 0.133. The van der Waals surface area contributed by atoms with Crippen molar-refractivity contribution in [3.8, 4) is 5.75 Å². The summed E-state index contributed by atoms with van der Waals surface area (Å²) in [5.74, 6) is 1.37. The highest BCUT2D eigenvalue weighted by atomic mass is 16.3. The molecule has 0 amide bonds. The maximum absolute atomic E-state index is 10.1. The maximum Gasteiger partial charge on any atom is 0.125 e. The first-order valence-corrected chi connectivity index (χ1v) is 6.14. The van der Waals surface area contributed by atoms with E-state index in [0.717, 1.165) is 39.6 Å². The molecule has 18 heavy (non-hydrogen) atoms. The van der Waals surface area contributed by atoms with E-state index >= 15 is 0 Å². The Kier molecular flexibility index (Phi) is 1.69. The average molecular weight is 236 g/mol. The predicted molar refractivity (Wildman–Crippen MR) is 72.4 cm³/mol. The summed E-state index contributed by atoms with van der Waals surface area (Å²) in [4.78, 5) is 4.63. The zero-order chi connectivity index (χ0) is 12.3. The van der Waals surface area contributed by atoms with Gasteiger partial charge in [0.1, 0.15) is 11.6 Å². The Hall–Kier alpha value is -2.29. The molecule has 0 fully saturated rings. The molecule has 0 aliphatic carbocycles. The lowest BCUT2D eigenvalue weighted by Crippen LogP contribution is -1.89. The van der Waals surface area contributed by atoms with E-state index in [-0.39, 0.29) is 0 Å². The first-order valence-electron chi connectivity index (χ1n) is 6.14. The second-order valence-corrected chi connectivity index (χ2v) is 4.56. The molecule has 0 radical (unpaired) electrons. The maximum atomic E-state index is 10.1. The molecule has 1 N–H and O–H groups in total. The molecule has 2 aromatic carbocycles. The smallest absolute Gasteiger partial charge is 0.125 e. The third-order valence-corrected chi connectivity index (χ3v) is 3.60. The Morgan fingerprint density at radius 2 is 2.00 bits per heavy atom. The lowest BCUT2D eigenvalue weighted by Gasteiger charge is -1.96. The molecule has 0 spiro atoms. The largest absolute Gasteiger partial charge is 0.507 e. The number of aryl methyl sites for hydroxylation is 1. The third kappa shape index (κ3) is 0.973. The van der Waals surface area contributed by atoms with E-state index in [1.807, 2.05) is 18.2 Å². The average Bonchev–Trinajstić information content (AvgIpc) is 2.93. The number of hydrogen-bond acceptors (Lipinski definition) is 2. The molecule has 3 heteroatoms. The van der Waals surface area contributed by atoms with Crippen LogP contribution >= 0.6 is 0 Å². The van der Waals surface area contributed by atoms with Gasteiger partial charge in [0.25, 0.3) is 0 Å². The molecule has 4 rings (SSSR count). The Bertz CT molecular complexity index is 876. The van der Waals surface area contributed by atoms with Crippen molar-refractivity contribution in [3.05, 3.63) is 42.2 Å². The molecule has 0 aliphatic rings. The molecular formula is C15H12N2O. The second kappa shape index (κ2) is 3.13. The molecule has 0 unspecified atom stereocenters. The minimum atomic E-state index is 0.330. The van der Waals surface area contributed by atoms with E-state index in [0.29, 0.717) is 5.75 Å².